The number of rotatable bonds is 3. The summed E-state index contributed by atoms with van der Waals surface area (Å²) in [6.07, 6.45) is 2.32. The van der Waals surface area contributed by atoms with Crippen LogP contribution in [0, 0.1) is 5.92 Å². The SMILES string of the molecule is CC[C@H](C)[C@H]1C(=O)Nc2ccccc2CN1c1nccc(=O)[nH]1. The summed E-state index contributed by atoms with van der Waals surface area (Å²) in [5.41, 5.74) is 1.58. The summed E-state index contributed by atoms with van der Waals surface area (Å²) in [7, 11) is 0. The Morgan fingerprint density at radius 2 is 2.09 bits per heavy atom. The fourth-order valence-electron chi connectivity index (χ4n) is 2.91. The number of hydrogen-bond acceptors (Lipinski definition) is 4. The van der Waals surface area contributed by atoms with Gasteiger partial charge < -0.3 is 10.2 Å². The molecule has 6 heteroatoms. The highest BCUT2D eigenvalue weighted by atomic mass is 16.2. The van der Waals surface area contributed by atoms with Gasteiger partial charge in [-0.15, -0.1) is 0 Å². The maximum absolute atomic E-state index is 12.8. The molecule has 0 spiro atoms. The van der Waals surface area contributed by atoms with E-state index in [0.717, 1.165) is 17.7 Å². The number of para-hydroxylation sites is 1. The first-order valence-corrected chi connectivity index (χ1v) is 7.81. The lowest BCUT2D eigenvalue weighted by molar-refractivity contribution is -0.118. The van der Waals surface area contributed by atoms with Crippen LogP contribution in [0.4, 0.5) is 11.6 Å². The average molecular weight is 312 g/mol. The van der Waals surface area contributed by atoms with Crippen LogP contribution >= 0.6 is 0 Å². The third kappa shape index (κ3) is 2.97. The summed E-state index contributed by atoms with van der Waals surface area (Å²) in [6, 6.07) is 8.68. The largest absolute Gasteiger partial charge is 0.326 e. The molecule has 1 aliphatic heterocycles. The van der Waals surface area contributed by atoms with Crippen LogP contribution in [0.2, 0.25) is 0 Å². The van der Waals surface area contributed by atoms with Crippen LogP contribution < -0.4 is 15.8 Å². The van der Waals surface area contributed by atoms with Crippen LogP contribution in [0.15, 0.2) is 41.3 Å². The molecule has 6 nitrogen and oxygen atoms in total. The van der Waals surface area contributed by atoms with Gasteiger partial charge in [-0.05, 0) is 17.5 Å². The Kier molecular flexibility index (Phi) is 4.14. The number of aromatic nitrogens is 2. The van der Waals surface area contributed by atoms with Gasteiger partial charge in [-0.3, -0.25) is 14.6 Å². The van der Waals surface area contributed by atoms with Gasteiger partial charge in [0, 0.05) is 24.5 Å². The van der Waals surface area contributed by atoms with Crippen LogP contribution in [-0.4, -0.2) is 21.9 Å². The molecule has 0 saturated carbocycles. The van der Waals surface area contributed by atoms with E-state index in [1.807, 2.05) is 36.1 Å². The highest BCUT2D eigenvalue weighted by Crippen LogP contribution is 2.29. The predicted octanol–water partition coefficient (Wildman–Crippen LogP) is 2.14. The molecule has 0 aliphatic carbocycles. The minimum atomic E-state index is -0.391. The van der Waals surface area contributed by atoms with Crippen LogP contribution in [-0.2, 0) is 11.3 Å². The van der Waals surface area contributed by atoms with Crippen molar-refractivity contribution in [3.05, 3.63) is 52.4 Å². The van der Waals surface area contributed by atoms with Crippen LogP contribution in [0.3, 0.4) is 0 Å². The molecule has 23 heavy (non-hydrogen) atoms. The fourth-order valence-corrected chi connectivity index (χ4v) is 2.91. The molecule has 0 unspecified atom stereocenters. The van der Waals surface area contributed by atoms with E-state index < -0.39 is 6.04 Å². The first-order valence-electron chi connectivity index (χ1n) is 7.81. The third-order valence-corrected chi connectivity index (χ3v) is 4.33. The number of carbonyl (C=O) groups excluding carboxylic acids is 1. The second-order valence-corrected chi connectivity index (χ2v) is 5.86. The van der Waals surface area contributed by atoms with E-state index in [9.17, 15) is 9.59 Å². The molecule has 2 heterocycles. The van der Waals surface area contributed by atoms with Crippen molar-refractivity contribution in [2.24, 2.45) is 5.92 Å². The van der Waals surface area contributed by atoms with Crippen molar-refractivity contribution in [1.82, 2.24) is 9.97 Å². The molecular formula is C17H20N4O2. The number of anilines is 2. The topological polar surface area (TPSA) is 78.1 Å². The van der Waals surface area contributed by atoms with E-state index in [1.165, 1.54) is 12.3 Å². The second-order valence-electron chi connectivity index (χ2n) is 5.86. The predicted molar refractivity (Wildman–Crippen MR) is 89.4 cm³/mol. The van der Waals surface area contributed by atoms with Crippen molar-refractivity contribution in [1.29, 1.82) is 0 Å². The van der Waals surface area contributed by atoms with E-state index in [-0.39, 0.29) is 17.4 Å². The second kappa shape index (κ2) is 6.24. The molecule has 1 aliphatic rings. The summed E-state index contributed by atoms with van der Waals surface area (Å²) in [5.74, 6) is 0.472. The lowest BCUT2D eigenvalue weighted by Gasteiger charge is -2.32. The monoisotopic (exact) mass is 312 g/mol. The van der Waals surface area contributed by atoms with Crippen molar-refractivity contribution in [3.63, 3.8) is 0 Å². The number of fused-ring (bicyclic) bond motifs is 1. The number of nitrogens with one attached hydrogen (secondary N) is 2. The van der Waals surface area contributed by atoms with Crippen LogP contribution in [0.5, 0.6) is 0 Å². The lowest BCUT2D eigenvalue weighted by Crippen LogP contribution is -2.47. The van der Waals surface area contributed by atoms with Gasteiger partial charge in [0.1, 0.15) is 6.04 Å². The minimum Gasteiger partial charge on any atom is -0.326 e. The maximum atomic E-state index is 12.8. The number of carbonyl (C=O) groups is 1. The standard InChI is InChI=1S/C17H20N4O2/c1-3-11(2)15-16(23)19-13-7-5-4-6-12(13)10-21(15)17-18-9-8-14(22)20-17/h4-9,11,15H,3,10H2,1-2H3,(H,19,23)(H,18,20,22)/t11-,15-/m0/s1. The molecule has 1 amide bonds. The molecule has 2 atom stereocenters. The number of nitrogens with zero attached hydrogens (tertiary/aromatic N) is 2. The summed E-state index contributed by atoms with van der Waals surface area (Å²) < 4.78 is 0. The minimum absolute atomic E-state index is 0.0733. The van der Waals surface area contributed by atoms with Crippen molar-refractivity contribution >= 4 is 17.5 Å². The molecule has 120 valence electrons. The first-order chi connectivity index (χ1) is 11.1. The number of amides is 1. The lowest BCUT2D eigenvalue weighted by atomic mass is 9.97. The zero-order valence-electron chi connectivity index (χ0n) is 13.2. The Bertz CT molecular complexity index is 771. The highest BCUT2D eigenvalue weighted by molar-refractivity contribution is 5.98. The van der Waals surface area contributed by atoms with Crippen LogP contribution in [0.25, 0.3) is 0 Å². The van der Waals surface area contributed by atoms with Crippen molar-refractivity contribution in [2.45, 2.75) is 32.9 Å². The maximum Gasteiger partial charge on any atom is 0.252 e. The molecule has 0 bridgehead atoms. The first kappa shape index (κ1) is 15.3. The molecule has 0 radical (unpaired) electrons. The van der Waals surface area contributed by atoms with Crippen LogP contribution in [0.1, 0.15) is 25.8 Å². The molecule has 2 aromatic rings. The molecule has 0 saturated heterocycles. The Balaban J connectivity index is 2.10. The van der Waals surface area contributed by atoms with Gasteiger partial charge in [0.2, 0.25) is 11.9 Å². The van der Waals surface area contributed by atoms with E-state index >= 15 is 0 Å². The van der Waals surface area contributed by atoms with E-state index in [0.29, 0.717) is 12.5 Å². The van der Waals surface area contributed by atoms with Gasteiger partial charge >= 0.3 is 0 Å². The van der Waals surface area contributed by atoms with Crippen molar-refractivity contribution in [3.8, 4) is 0 Å². The molecule has 1 aromatic heterocycles. The smallest absolute Gasteiger partial charge is 0.252 e. The summed E-state index contributed by atoms with van der Waals surface area (Å²) in [5, 5.41) is 3.00. The van der Waals surface area contributed by atoms with Gasteiger partial charge in [0.05, 0.1) is 0 Å². The average Bonchev–Trinajstić information content (AvgIpc) is 2.70. The molecule has 3 rings (SSSR count). The Hall–Kier alpha value is -2.63. The van der Waals surface area contributed by atoms with Gasteiger partial charge in [0.15, 0.2) is 0 Å². The van der Waals surface area contributed by atoms with Gasteiger partial charge in [-0.1, -0.05) is 38.5 Å². The third-order valence-electron chi connectivity index (χ3n) is 4.33. The zero-order valence-corrected chi connectivity index (χ0v) is 13.2. The Morgan fingerprint density at radius 3 is 2.83 bits per heavy atom. The van der Waals surface area contributed by atoms with Crippen molar-refractivity contribution in [2.75, 3.05) is 10.2 Å². The Morgan fingerprint density at radius 1 is 1.30 bits per heavy atom. The molecule has 2 N–H and O–H groups in total. The van der Waals surface area contributed by atoms with Gasteiger partial charge in [-0.2, -0.15) is 0 Å². The number of benzene rings is 1. The quantitative estimate of drug-likeness (QED) is 0.910. The number of aromatic amines is 1. The van der Waals surface area contributed by atoms with E-state index in [4.69, 9.17) is 0 Å². The van der Waals surface area contributed by atoms with E-state index in [1.54, 1.807) is 0 Å². The summed E-state index contributed by atoms with van der Waals surface area (Å²) in [6.45, 7) is 4.60. The molecular weight excluding hydrogens is 292 g/mol. The summed E-state index contributed by atoms with van der Waals surface area (Å²) in [4.78, 5) is 33.3. The fraction of sp³-hybridized carbons (Fsp3) is 0.353. The van der Waals surface area contributed by atoms with Gasteiger partial charge in [0.25, 0.3) is 5.56 Å². The van der Waals surface area contributed by atoms with Crippen molar-refractivity contribution < 1.29 is 4.79 Å². The highest BCUT2D eigenvalue weighted by Gasteiger charge is 2.35. The normalized spacial score (nSPS) is 18.8. The molecule has 0 fully saturated rings. The molecule has 1 aromatic carbocycles. The number of H-pyrrole nitrogens is 1. The summed E-state index contributed by atoms with van der Waals surface area (Å²) >= 11 is 0. The Labute approximate surface area is 134 Å². The zero-order chi connectivity index (χ0) is 16.4. The van der Waals surface area contributed by atoms with E-state index in [2.05, 4.69) is 22.2 Å². The number of hydrogen-bond donors (Lipinski definition) is 2. The van der Waals surface area contributed by atoms with Gasteiger partial charge in [-0.25, -0.2) is 4.98 Å².